The Morgan fingerprint density at radius 3 is 2.15 bits per heavy atom. The van der Waals surface area contributed by atoms with Gasteiger partial charge in [-0.05, 0) is 30.9 Å². The van der Waals surface area contributed by atoms with Crippen LogP contribution in [0.2, 0.25) is 0 Å². The Hall–Kier alpha value is -1.84. The topological polar surface area (TPSA) is 58.2 Å². The maximum atomic E-state index is 12.3. The number of hydrogen-bond acceptors (Lipinski definition) is 2. The molecule has 2 atom stereocenters. The largest absolute Gasteiger partial charge is 0.348 e. The molecule has 0 aliphatic rings. The first-order valence-electron chi connectivity index (χ1n) is 6.96. The Bertz CT molecular complexity index is 483. The van der Waals surface area contributed by atoms with E-state index < -0.39 is 6.04 Å². The van der Waals surface area contributed by atoms with Crippen molar-refractivity contribution in [1.82, 2.24) is 10.6 Å². The summed E-state index contributed by atoms with van der Waals surface area (Å²) in [5.41, 5.74) is 2.23. The van der Waals surface area contributed by atoms with Crippen LogP contribution < -0.4 is 10.6 Å². The summed E-state index contributed by atoms with van der Waals surface area (Å²) in [5.74, 6) is -0.295. The first kappa shape index (κ1) is 16.2. The lowest BCUT2D eigenvalue weighted by molar-refractivity contribution is -0.129. The van der Waals surface area contributed by atoms with Crippen LogP contribution in [0.15, 0.2) is 24.3 Å². The van der Waals surface area contributed by atoms with Gasteiger partial charge in [0.15, 0.2) is 0 Å². The average Bonchev–Trinajstić information content (AvgIpc) is 2.35. The highest BCUT2D eigenvalue weighted by molar-refractivity contribution is 5.87. The van der Waals surface area contributed by atoms with Gasteiger partial charge in [0.1, 0.15) is 6.04 Å². The van der Waals surface area contributed by atoms with Crippen molar-refractivity contribution in [2.24, 2.45) is 5.92 Å². The molecule has 0 aliphatic heterocycles. The normalized spacial score (nSPS) is 13.7. The zero-order chi connectivity index (χ0) is 15.3. The highest BCUT2D eigenvalue weighted by Crippen LogP contribution is 2.17. The minimum Gasteiger partial charge on any atom is -0.348 e. The maximum absolute atomic E-state index is 12.3. The quantitative estimate of drug-likeness (QED) is 0.867. The molecule has 0 unspecified atom stereocenters. The zero-order valence-corrected chi connectivity index (χ0v) is 12.9. The Morgan fingerprint density at radius 1 is 1.05 bits per heavy atom. The SMILES string of the molecule is CC(=O)N[C@H](C(=O)N[C@@H](C)c1ccccc1C)C(C)C. The van der Waals surface area contributed by atoms with Gasteiger partial charge in [-0.15, -0.1) is 0 Å². The van der Waals surface area contributed by atoms with Crippen LogP contribution in [0, 0.1) is 12.8 Å². The van der Waals surface area contributed by atoms with Crippen LogP contribution in [0.25, 0.3) is 0 Å². The molecule has 0 aliphatic carbocycles. The fourth-order valence-corrected chi connectivity index (χ4v) is 2.21. The summed E-state index contributed by atoms with van der Waals surface area (Å²) in [7, 11) is 0. The van der Waals surface area contributed by atoms with Crippen LogP contribution in [0.3, 0.4) is 0 Å². The summed E-state index contributed by atoms with van der Waals surface area (Å²) in [6.45, 7) is 9.22. The van der Waals surface area contributed by atoms with E-state index in [0.29, 0.717) is 0 Å². The van der Waals surface area contributed by atoms with E-state index in [-0.39, 0.29) is 23.8 Å². The van der Waals surface area contributed by atoms with E-state index in [2.05, 4.69) is 10.6 Å². The number of carbonyl (C=O) groups is 2. The fraction of sp³-hybridized carbons (Fsp3) is 0.500. The van der Waals surface area contributed by atoms with E-state index in [1.54, 1.807) is 0 Å². The number of aryl methyl sites for hydroxylation is 1. The minimum absolute atomic E-state index is 0.0444. The minimum atomic E-state index is -0.501. The van der Waals surface area contributed by atoms with Crippen molar-refractivity contribution < 1.29 is 9.59 Å². The summed E-state index contributed by atoms with van der Waals surface area (Å²) in [4.78, 5) is 23.5. The molecule has 0 bridgehead atoms. The van der Waals surface area contributed by atoms with Gasteiger partial charge in [0.2, 0.25) is 11.8 Å². The van der Waals surface area contributed by atoms with Crippen LogP contribution in [-0.2, 0) is 9.59 Å². The zero-order valence-electron chi connectivity index (χ0n) is 12.9. The Morgan fingerprint density at radius 2 is 1.65 bits per heavy atom. The lowest BCUT2D eigenvalue weighted by atomic mass is 10.00. The molecule has 0 heterocycles. The molecule has 1 aromatic rings. The predicted molar refractivity (Wildman–Crippen MR) is 80.2 cm³/mol. The molecule has 2 N–H and O–H groups in total. The van der Waals surface area contributed by atoms with Crippen molar-refractivity contribution in [3.63, 3.8) is 0 Å². The Kier molecular flexibility index (Phi) is 5.74. The second-order valence-electron chi connectivity index (χ2n) is 5.51. The standard InChI is InChI=1S/C16H24N2O2/c1-10(2)15(18-13(5)19)16(20)17-12(4)14-9-7-6-8-11(14)3/h6-10,12,15H,1-5H3,(H,17,20)(H,18,19)/t12-,15-/m0/s1. The fourth-order valence-electron chi connectivity index (χ4n) is 2.21. The summed E-state index contributed by atoms with van der Waals surface area (Å²) in [5, 5.41) is 5.67. The van der Waals surface area contributed by atoms with Crippen molar-refractivity contribution in [2.45, 2.75) is 46.7 Å². The molecule has 0 saturated carbocycles. The smallest absolute Gasteiger partial charge is 0.243 e. The lowest BCUT2D eigenvalue weighted by Crippen LogP contribution is -2.49. The van der Waals surface area contributed by atoms with Crippen molar-refractivity contribution in [1.29, 1.82) is 0 Å². The van der Waals surface area contributed by atoms with Crippen molar-refractivity contribution in [3.8, 4) is 0 Å². The molecule has 0 saturated heterocycles. The van der Waals surface area contributed by atoms with Crippen molar-refractivity contribution >= 4 is 11.8 Å². The highest BCUT2D eigenvalue weighted by Gasteiger charge is 2.24. The van der Waals surface area contributed by atoms with Gasteiger partial charge >= 0.3 is 0 Å². The number of benzene rings is 1. The van der Waals surface area contributed by atoms with Crippen LogP contribution >= 0.6 is 0 Å². The summed E-state index contributed by atoms with van der Waals surface area (Å²) in [6, 6.07) is 7.37. The number of hydrogen-bond donors (Lipinski definition) is 2. The van der Waals surface area contributed by atoms with Gasteiger partial charge < -0.3 is 10.6 Å². The third-order valence-electron chi connectivity index (χ3n) is 3.32. The number of rotatable bonds is 5. The molecule has 0 radical (unpaired) electrons. The second-order valence-corrected chi connectivity index (χ2v) is 5.51. The molecular formula is C16H24N2O2. The van der Waals surface area contributed by atoms with Crippen LogP contribution in [0.1, 0.15) is 44.9 Å². The third-order valence-corrected chi connectivity index (χ3v) is 3.32. The highest BCUT2D eigenvalue weighted by atomic mass is 16.2. The monoisotopic (exact) mass is 276 g/mol. The van der Waals surface area contributed by atoms with E-state index in [0.717, 1.165) is 11.1 Å². The van der Waals surface area contributed by atoms with E-state index >= 15 is 0 Å². The lowest BCUT2D eigenvalue weighted by Gasteiger charge is -2.24. The molecule has 110 valence electrons. The van der Waals surface area contributed by atoms with Gasteiger partial charge in [0, 0.05) is 6.92 Å². The maximum Gasteiger partial charge on any atom is 0.243 e. The molecular weight excluding hydrogens is 252 g/mol. The van der Waals surface area contributed by atoms with Gasteiger partial charge in [0.25, 0.3) is 0 Å². The Labute approximate surface area is 121 Å². The molecule has 1 rings (SSSR count). The summed E-state index contributed by atoms with van der Waals surface area (Å²) >= 11 is 0. The van der Waals surface area contributed by atoms with E-state index in [1.165, 1.54) is 6.92 Å². The van der Waals surface area contributed by atoms with E-state index in [9.17, 15) is 9.59 Å². The van der Waals surface area contributed by atoms with Crippen LogP contribution in [-0.4, -0.2) is 17.9 Å². The summed E-state index contributed by atoms with van der Waals surface area (Å²) in [6.07, 6.45) is 0. The van der Waals surface area contributed by atoms with Gasteiger partial charge in [-0.2, -0.15) is 0 Å². The molecule has 4 nitrogen and oxygen atoms in total. The number of amides is 2. The van der Waals surface area contributed by atoms with Crippen LogP contribution in [0.5, 0.6) is 0 Å². The number of carbonyl (C=O) groups excluding carboxylic acids is 2. The molecule has 4 heteroatoms. The van der Waals surface area contributed by atoms with Crippen LogP contribution in [0.4, 0.5) is 0 Å². The molecule has 0 aromatic heterocycles. The van der Waals surface area contributed by atoms with E-state index in [4.69, 9.17) is 0 Å². The van der Waals surface area contributed by atoms with Crippen molar-refractivity contribution in [2.75, 3.05) is 0 Å². The van der Waals surface area contributed by atoms with E-state index in [1.807, 2.05) is 52.0 Å². The first-order chi connectivity index (χ1) is 9.32. The molecule has 0 spiro atoms. The first-order valence-corrected chi connectivity index (χ1v) is 6.96. The predicted octanol–water partition coefficient (Wildman–Crippen LogP) is 2.33. The Balaban J connectivity index is 2.78. The average molecular weight is 276 g/mol. The van der Waals surface area contributed by atoms with Crippen molar-refractivity contribution in [3.05, 3.63) is 35.4 Å². The van der Waals surface area contributed by atoms with Gasteiger partial charge in [-0.25, -0.2) is 0 Å². The molecule has 2 amide bonds. The third kappa shape index (κ3) is 4.37. The molecule has 0 fully saturated rings. The molecule has 20 heavy (non-hydrogen) atoms. The molecule has 1 aromatic carbocycles. The van der Waals surface area contributed by atoms with Gasteiger partial charge in [-0.1, -0.05) is 38.1 Å². The van der Waals surface area contributed by atoms with Gasteiger partial charge in [0.05, 0.1) is 6.04 Å². The van der Waals surface area contributed by atoms with Gasteiger partial charge in [-0.3, -0.25) is 9.59 Å². The number of nitrogens with one attached hydrogen (secondary N) is 2. The summed E-state index contributed by atoms with van der Waals surface area (Å²) < 4.78 is 0. The second kappa shape index (κ2) is 7.08.